The lowest BCUT2D eigenvalue weighted by Gasteiger charge is -2.30. The molecule has 0 aliphatic heterocycles. The molecule has 0 aliphatic carbocycles. The zero-order valence-electron chi connectivity index (χ0n) is 11.1. The van der Waals surface area contributed by atoms with Gasteiger partial charge in [0, 0.05) is 11.3 Å². The van der Waals surface area contributed by atoms with Crippen molar-refractivity contribution in [2.24, 2.45) is 0 Å². The SMILES string of the molecule is CCCCCCNCC(CC)(CC)SC. The Bertz CT molecular complexity index is 124. The molecule has 0 amide bonds. The second-order valence-electron chi connectivity index (χ2n) is 4.33. The molecule has 0 spiro atoms. The molecular weight excluding hydrogens is 202 g/mol. The van der Waals surface area contributed by atoms with Crippen LogP contribution < -0.4 is 5.32 Å². The standard InChI is InChI=1S/C13H29NS/c1-5-8-9-10-11-14-12-13(6-2,7-3)15-4/h14H,5-12H2,1-4H3. The highest BCUT2D eigenvalue weighted by Gasteiger charge is 2.23. The normalized spacial score (nSPS) is 12.0. The fourth-order valence-corrected chi connectivity index (χ4v) is 2.68. The minimum Gasteiger partial charge on any atom is -0.315 e. The topological polar surface area (TPSA) is 12.0 Å². The van der Waals surface area contributed by atoms with Crippen molar-refractivity contribution >= 4 is 11.8 Å². The number of thioether (sulfide) groups is 1. The van der Waals surface area contributed by atoms with E-state index in [0.29, 0.717) is 4.75 Å². The molecule has 0 unspecified atom stereocenters. The molecule has 0 bridgehead atoms. The van der Waals surface area contributed by atoms with Crippen LogP contribution in [0.15, 0.2) is 0 Å². The summed E-state index contributed by atoms with van der Waals surface area (Å²) in [7, 11) is 0. The molecule has 0 aromatic rings. The van der Waals surface area contributed by atoms with Crippen molar-refractivity contribution in [3.8, 4) is 0 Å². The van der Waals surface area contributed by atoms with Crippen LogP contribution in [0.4, 0.5) is 0 Å². The van der Waals surface area contributed by atoms with Gasteiger partial charge in [-0.25, -0.2) is 0 Å². The van der Waals surface area contributed by atoms with Gasteiger partial charge in [-0.05, 0) is 32.1 Å². The zero-order chi connectivity index (χ0) is 11.6. The average molecular weight is 231 g/mol. The summed E-state index contributed by atoms with van der Waals surface area (Å²) in [5, 5.41) is 3.62. The maximum atomic E-state index is 3.62. The Morgan fingerprint density at radius 2 is 1.67 bits per heavy atom. The molecule has 0 aromatic carbocycles. The Morgan fingerprint density at radius 3 is 2.13 bits per heavy atom. The number of unbranched alkanes of at least 4 members (excludes halogenated alkanes) is 3. The van der Waals surface area contributed by atoms with Crippen LogP contribution in [0.1, 0.15) is 59.3 Å². The van der Waals surface area contributed by atoms with E-state index in [1.807, 2.05) is 11.8 Å². The fraction of sp³-hybridized carbons (Fsp3) is 1.00. The molecule has 1 N–H and O–H groups in total. The molecule has 1 nitrogen and oxygen atoms in total. The van der Waals surface area contributed by atoms with Crippen LogP contribution in [0.25, 0.3) is 0 Å². The van der Waals surface area contributed by atoms with Gasteiger partial charge >= 0.3 is 0 Å². The van der Waals surface area contributed by atoms with E-state index in [9.17, 15) is 0 Å². The summed E-state index contributed by atoms with van der Waals surface area (Å²) >= 11 is 2.02. The largest absolute Gasteiger partial charge is 0.315 e. The Morgan fingerprint density at radius 1 is 1.00 bits per heavy atom. The second-order valence-corrected chi connectivity index (χ2v) is 5.61. The molecule has 0 aliphatic rings. The molecule has 0 saturated heterocycles. The van der Waals surface area contributed by atoms with Gasteiger partial charge in [-0.2, -0.15) is 11.8 Å². The predicted octanol–water partition coefficient (Wildman–Crippen LogP) is 4.08. The van der Waals surface area contributed by atoms with E-state index in [0.717, 1.165) is 0 Å². The monoisotopic (exact) mass is 231 g/mol. The van der Waals surface area contributed by atoms with Gasteiger partial charge in [0.1, 0.15) is 0 Å². The van der Waals surface area contributed by atoms with Gasteiger partial charge in [-0.1, -0.05) is 40.0 Å². The summed E-state index contributed by atoms with van der Waals surface area (Å²) in [6.07, 6.45) is 10.2. The lowest BCUT2D eigenvalue weighted by Crippen LogP contribution is -2.37. The van der Waals surface area contributed by atoms with Crippen molar-refractivity contribution in [2.45, 2.75) is 64.0 Å². The Kier molecular flexibility index (Phi) is 9.73. The van der Waals surface area contributed by atoms with Crippen LogP contribution in [0.2, 0.25) is 0 Å². The van der Waals surface area contributed by atoms with Gasteiger partial charge in [0.2, 0.25) is 0 Å². The maximum Gasteiger partial charge on any atom is 0.0276 e. The van der Waals surface area contributed by atoms with Crippen molar-refractivity contribution in [1.29, 1.82) is 0 Å². The number of rotatable bonds is 10. The van der Waals surface area contributed by atoms with E-state index >= 15 is 0 Å². The highest BCUT2D eigenvalue weighted by molar-refractivity contribution is 8.00. The maximum absolute atomic E-state index is 3.62. The first kappa shape index (κ1) is 15.3. The van der Waals surface area contributed by atoms with E-state index < -0.39 is 0 Å². The fourth-order valence-electron chi connectivity index (χ4n) is 1.85. The summed E-state index contributed by atoms with van der Waals surface area (Å²) in [5.41, 5.74) is 0. The lowest BCUT2D eigenvalue weighted by molar-refractivity contribution is 0.485. The molecule has 0 saturated carbocycles. The second kappa shape index (κ2) is 9.53. The smallest absolute Gasteiger partial charge is 0.0276 e. The Labute approximate surface area is 101 Å². The minimum atomic E-state index is 0.477. The summed E-state index contributed by atoms with van der Waals surface area (Å²) < 4.78 is 0.477. The average Bonchev–Trinajstić information content (AvgIpc) is 2.29. The third-order valence-corrected chi connectivity index (χ3v) is 4.96. The number of hydrogen-bond donors (Lipinski definition) is 1. The number of hydrogen-bond acceptors (Lipinski definition) is 2. The Hall–Kier alpha value is 0.310. The Balaban J connectivity index is 3.54. The molecule has 0 rings (SSSR count). The molecule has 0 heterocycles. The first-order valence-electron chi connectivity index (χ1n) is 6.50. The van der Waals surface area contributed by atoms with Crippen molar-refractivity contribution in [2.75, 3.05) is 19.3 Å². The van der Waals surface area contributed by atoms with Crippen LogP contribution in [-0.2, 0) is 0 Å². The van der Waals surface area contributed by atoms with Crippen molar-refractivity contribution in [3.63, 3.8) is 0 Å². The van der Waals surface area contributed by atoms with E-state index in [4.69, 9.17) is 0 Å². The van der Waals surface area contributed by atoms with Crippen LogP contribution >= 0.6 is 11.8 Å². The molecule has 92 valence electrons. The van der Waals surface area contributed by atoms with Crippen LogP contribution in [0.3, 0.4) is 0 Å². The third-order valence-electron chi connectivity index (χ3n) is 3.38. The first-order valence-corrected chi connectivity index (χ1v) is 7.73. The van der Waals surface area contributed by atoms with Crippen molar-refractivity contribution in [3.05, 3.63) is 0 Å². The van der Waals surface area contributed by atoms with Crippen LogP contribution in [-0.4, -0.2) is 24.1 Å². The highest BCUT2D eigenvalue weighted by Crippen LogP contribution is 2.29. The molecule has 0 radical (unpaired) electrons. The summed E-state index contributed by atoms with van der Waals surface area (Å²) in [6.45, 7) is 9.24. The van der Waals surface area contributed by atoms with E-state index in [1.165, 1.54) is 51.6 Å². The van der Waals surface area contributed by atoms with Gasteiger partial charge in [0.05, 0.1) is 0 Å². The van der Waals surface area contributed by atoms with Crippen molar-refractivity contribution in [1.82, 2.24) is 5.32 Å². The van der Waals surface area contributed by atoms with Gasteiger partial charge in [0.25, 0.3) is 0 Å². The minimum absolute atomic E-state index is 0.477. The molecule has 0 fully saturated rings. The van der Waals surface area contributed by atoms with Gasteiger partial charge < -0.3 is 5.32 Å². The predicted molar refractivity (Wildman–Crippen MR) is 73.8 cm³/mol. The lowest BCUT2D eigenvalue weighted by atomic mass is 10.0. The molecule has 15 heavy (non-hydrogen) atoms. The highest BCUT2D eigenvalue weighted by atomic mass is 32.2. The van der Waals surface area contributed by atoms with Gasteiger partial charge in [0.15, 0.2) is 0 Å². The van der Waals surface area contributed by atoms with E-state index in [1.54, 1.807) is 0 Å². The first-order chi connectivity index (χ1) is 7.24. The summed E-state index contributed by atoms with van der Waals surface area (Å²) in [6, 6.07) is 0. The summed E-state index contributed by atoms with van der Waals surface area (Å²) in [5.74, 6) is 0. The molecular formula is C13H29NS. The van der Waals surface area contributed by atoms with Gasteiger partial charge in [-0.15, -0.1) is 0 Å². The van der Waals surface area contributed by atoms with Crippen LogP contribution in [0.5, 0.6) is 0 Å². The van der Waals surface area contributed by atoms with Crippen molar-refractivity contribution < 1.29 is 0 Å². The molecule has 0 atom stereocenters. The van der Waals surface area contributed by atoms with E-state index in [2.05, 4.69) is 32.3 Å². The van der Waals surface area contributed by atoms with E-state index in [-0.39, 0.29) is 0 Å². The summed E-state index contributed by atoms with van der Waals surface area (Å²) in [4.78, 5) is 0. The van der Waals surface area contributed by atoms with Crippen LogP contribution in [0, 0.1) is 0 Å². The van der Waals surface area contributed by atoms with Gasteiger partial charge in [-0.3, -0.25) is 0 Å². The molecule has 0 aromatic heterocycles. The third kappa shape index (κ3) is 6.47. The zero-order valence-corrected chi connectivity index (χ0v) is 11.9. The molecule has 2 heteroatoms. The quantitative estimate of drug-likeness (QED) is 0.569. The number of nitrogens with one attached hydrogen (secondary N) is 1.